The molecular formula is C12H22BrN3O. The molecule has 2 N–H and O–H groups in total. The van der Waals surface area contributed by atoms with Crippen LogP contribution in [0.1, 0.15) is 38.6 Å². The SMILES string of the molecule is CCc1nn(C)c(COCC(C)(N)CC)c1Br. The molecule has 1 atom stereocenters. The highest BCUT2D eigenvalue weighted by atomic mass is 79.9. The van der Waals surface area contributed by atoms with Gasteiger partial charge in [-0.15, -0.1) is 0 Å². The van der Waals surface area contributed by atoms with E-state index in [4.69, 9.17) is 10.5 Å². The normalized spacial score (nSPS) is 14.9. The van der Waals surface area contributed by atoms with E-state index in [-0.39, 0.29) is 5.54 Å². The van der Waals surface area contributed by atoms with Crippen molar-refractivity contribution in [1.82, 2.24) is 9.78 Å². The maximum absolute atomic E-state index is 6.03. The lowest BCUT2D eigenvalue weighted by molar-refractivity contribution is 0.0736. The van der Waals surface area contributed by atoms with Gasteiger partial charge in [-0.1, -0.05) is 13.8 Å². The first-order chi connectivity index (χ1) is 7.91. The van der Waals surface area contributed by atoms with Gasteiger partial charge in [0.15, 0.2) is 0 Å². The number of halogens is 1. The molecule has 1 unspecified atom stereocenters. The predicted octanol–water partition coefficient (Wildman–Crippen LogP) is 2.39. The Balaban J connectivity index is 2.61. The van der Waals surface area contributed by atoms with E-state index in [0.29, 0.717) is 13.2 Å². The van der Waals surface area contributed by atoms with Crippen LogP contribution < -0.4 is 5.73 Å². The van der Waals surface area contributed by atoms with Gasteiger partial charge in [0.1, 0.15) is 0 Å². The zero-order valence-electron chi connectivity index (χ0n) is 11.1. The second kappa shape index (κ2) is 5.98. The van der Waals surface area contributed by atoms with E-state index in [1.807, 2.05) is 18.7 Å². The van der Waals surface area contributed by atoms with Crippen LogP contribution in [0.2, 0.25) is 0 Å². The Morgan fingerprint density at radius 3 is 2.59 bits per heavy atom. The van der Waals surface area contributed by atoms with E-state index in [1.165, 1.54) is 0 Å². The van der Waals surface area contributed by atoms with Crippen LogP contribution in [0.25, 0.3) is 0 Å². The van der Waals surface area contributed by atoms with Gasteiger partial charge in [0, 0.05) is 12.6 Å². The summed E-state index contributed by atoms with van der Waals surface area (Å²) in [6, 6.07) is 0. The summed E-state index contributed by atoms with van der Waals surface area (Å²) < 4.78 is 8.60. The molecule has 5 heteroatoms. The van der Waals surface area contributed by atoms with Gasteiger partial charge in [-0.25, -0.2) is 0 Å². The van der Waals surface area contributed by atoms with Gasteiger partial charge in [0.05, 0.1) is 29.1 Å². The highest BCUT2D eigenvalue weighted by molar-refractivity contribution is 9.10. The van der Waals surface area contributed by atoms with Gasteiger partial charge in [0.25, 0.3) is 0 Å². The zero-order chi connectivity index (χ0) is 13.1. The van der Waals surface area contributed by atoms with Gasteiger partial charge >= 0.3 is 0 Å². The van der Waals surface area contributed by atoms with E-state index in [9.17, 15) is 0 Å². The van der Waals surface area contributed by atoms with Gasteiger partial charge in [0.2, 0.25) is 0 Å². The molecule has 0 saturated carbocycles. The van der Waals surface area contributed by atoms with E-state index in [1.54, 1.807) is 0 Å². The van der Waals surface area contributed by atoms with Crippen LogP contribution >= 0.6 is 15.9 Å². The zero-order valence-corrected chi connectivity index (χ0v) is 12.7. The van der Waals surface area contributed by atoms with Gasteiger partial charge in [-0.3, -0.25) is 4.68 Å². The standard InChI is InChI=1S/C12H22BrN3O/c1-5-9-11(13)10(16(4)15-9)7-17-8-12(3,14)6-2/h5-8,14H2,1-4H3. The molecule has 98 valence electrons. The molecule has 1 aromatic heterocycles. The summed E-state index contributed by atoms with van der Waals surface area (Å²) >= 11 is 3.57. The Kier molecular flexibility index (Phi) is 5.16. The van der Waals surface area contributed by atoms with Crippen molar-refractivity contribution in [2.45, 2.75) is 45.8 Å². The topological polar surface area (TPSA) is 53.1 Å². The van der Waals surface area contributed by atoms with E-state index >= 15 is 0 Å². The number of rotatable bonds is 6. The third-order valence-corrected chi connectivity index (χ3v) is 3.90. The highest BCUT2D eigenvalue weighted by Crippen LogP contribution is 2.22. The van der Waals surface area contributed by atoms with Crippen LogP contribution in [0, 0.1) is 0 Å². The van der Waals surface area contributed by atoms with Crippen LogP contribution in [0.3, 0.4) is 0 Å². The van der Waals surface area contributed by atoms with Crippen molar-refractivity contribution in [3.05, 3.63) is 15.9 Å². The minimum Gasteiger partial charge on any atom is -0.373 e. The molecule has 0 aromatic carbocycles. The van der Waals surface area contributed by atoms with Gasteiger partial charge in [-0.05, 0) is 35.7 Å². The summed E-state index contributed by atoms with van der Waals surface area (Å²) in [5.74, 6) is 0. The van der Waals surface area contributed by atoms with Crippen LogP contribution in [-0.2, 0) is 24.8 Å². The van der Waals surface area contributed by atoms with Crippen molar-refractivity contribution in [2.75, 3.05) is 6.61 Å². The minimum absolute atomic E-state index is 0.251. The molecule has 0 bridgehead atoms. The smallest absolute Gasteiger partial charge is 0.0897 e. The van der Waals surface area contributed by atoms with Gasteiger partial charge in [-0.2, -0.15) is 5.10 Å². The quantitative estimate of drug-likeness (QED) is 0.878. The molecule has 0 aliphatic rings. The van der Waals surface area contributed by atoms with Crippen molar-refractivity contribution >= 4 is 15.9 Å². The monoisotopic (exact) mass is 303 g/mol. The van der Waals surface area contributed by atoms with Crippen LogP contribution in [0.15, 0.2) is 4.47 Å². The lowest BCUT2D eigenvalue weighted by Crippen LogP contribution is -2.40. The Morgan fingerprint density at radius 1 is 1.47 bits per heavy atom. The average molecular weight is 304 g/mol. The number of nitrogens with zero attached hydrogens (tertiary/aromatic N) is 2. The fourth-order valence-corrected chi connectivity index (χ4v) is 2.19. The number of hydrogen-bond donors (Lipinski definition) is 1. The van der Waals surface area contributed by atoms with E-state index in [0.717, 1.165) is 28.7 Å². The Hall–Kier alpha value is -0.390. The summed E-state index contributed by atoms with van der Waals surface area (Å²) in [6.07, 6.45) is 1.82. The summed E-state index contributed by atoms with van der Waals surface area (Å²) in [7, 11) is 1.93. The fourth-order valence-electron chi connectivity index (χ4n) is 1.46. The second-order valence-corrected chi connectivity index (χ2v) is 5.48. The first kappa shape index (κ1) is 14.7. The average Bonchev–Trinajstić information content (AvgIpc) is 2.56. The number of ether oxygens (including phenoxy) is 1. The lowest BCUT2D eigenvalue weighted by atomic mass is 10.0. The first-order valence-corrected chi connectivity index (χ1v) is 6.77. The van der Waals surface area contributed by atoms with Crippen molar-refractivity contribution in [2.24, 2.45) is 12.8 Å². The third kappa shape index (κ3) is 3.79. The molecule has 4 nitrogen and oxygen atoms in total. The molecule has 0 radical (unpaired) electrons. The Bertz CT molecular complexity index is 374. The van der Waals surface area contributed by atoms with Crippen molar-refractivity contribution in [1.29, 1.82) is 0 Å². The fraction of sp³-hybridized carbons (Fsp3) is 0.750. The second-order valence-electron chi connectivity index (χ2n) is 4.68. The van der Waals surface area contributed by atoms with E-state index in [2.05, 4.69) is 34.9 Å². The van der Waals surface area contributed by atoms with Gasteiger partial charge < -0.3 is 10.5 Å². The third-order valence-electron chi connectivity index (χ3n) is 2.98. The molecule has 0 fully saturated rings. The van der Waals surface area contributed by atoms with Crippen LogP contribution in [-0.4, -0.2) is 21.9 Å². The molecule has 0 saturated heterocycles. The van der Waals surface area contributed by atoms with E-state index < -0.39 is 0 Å². The maximum Gasteiger partial charge on any atom is 0.0897 e. The molecule has 1 aromatic rings. The molecule has 0 spiro atoms. The summed E-state index contributed by atoms with van der Waals surface area (Å²) in [4.78, 5) is 0. The Morgan fingerprint density at radius 2 is 2.12 bits per heavy atom. The maximum atomic E-state index is 6.03. The molecule has 0 amide bonds. The molecule has 17 heavy (non-hydrogen) atoms. The van der Waals surface area contributed by atoms with Crippen LogP contribution in [0.4, 0.5) is 0 Å². The largest absolute Gasteiger partial charge is 0.373 e. The van der Waals surface area contributed by atoms with Crippen molar-refractivity contribution in [3.63, 3.8) is 0 Å². The molecule has 0 aliphatic heterocycles. The summed E-state index contributed by atoms with van der Waals surface area (Å²) in [5, 5.41) is 4.42. The summed E-state index contributed by atoms with van der Waals surface area (Å²) in [5.41, 5.74) is 7.91. The number of aromatic nitrogens is 2. The molecule has 1 rings (SSSR count). The highest BCUT2D eigenvalue weighted by Gasteiger charge is 2.17. The van der Waals surface area contributed by atoms with Crippen molar-refractivity contribution < 1.29 is 4.74 Å². The molecular weight excluding hydrogens is 282 g/mol. The number of hydrogen-bond acceptors (Lipinski definition) is 3. The minimum atomic E-state index is -0.251. The Labute approximate surface area is 112 Å². The number of nitrogens with two attached hydrogens (primary N) is 1. The van der Waals surface area contributed by atoms with Crippen molar-refractivity contribution in [3.8, 4) is 0 Å². The number of aryl methyl sites for hydroxylation is 2. The molecule has 1 heterocycles. The predicted molar refractivity (Wildman–Crippen MR) is 72.8 cm³/mol. The summed E-state index contributed by atoms with van der Waals surface area (Å²) in [6.45, 7) is 7.26. The molecule has 0 aliphatic carbocycles. The lowest BCUT2D eigenvalue weighted by Gasteiger charge is -2.22. The first-order valence-electron chi connectivity index (χ1n) is 5.98. The van der Waals surface area contributed by atoms with Crippen LogP contribution in [0.5, 0.6) is 0 Å².